The van der Waals surface area contributed by atoms with E-state index < -0.39 is 0 Å². The summed E-state index contributed by atoms with van der Waals surface area (Å²) in [5, 5.41) is 3.44. The number of benzene rings is 2. The first kappa shape index (κ1) is 22.0. The molecule has 1 aliphatic heterocycles. The lowest BCUT2D eigenvalue weighted by molar-refractivity contribution is -0.132. The topological polar surface area (TPSA) is 67.9 Å². The molecule has 1 aliphatic rings. The number of methoxy groups -OCH3 is 2. The van der Waals surface area contributed by atoms with Crippen molar-refractivity contribution >= 4 is 23.4 Å². The van der Waals surface area contributed by atoms with Crippen LogP contribution >= 0.6 is 11.6 Å². The highest BCUT2D eigenvalue weighted by atomic mass is 35.5. The van der Waals surface area contributed by atoms with Crippen LogP contribution < -0.4 is 14.8 Å². The smallest absolute Gasteiger partial charge is 0.251 e. The molecule has 1 N–H and O–H groups in total. The molecule has 1 unspecified atom stereocenters. The van der Waals surface area contributed by atoms with E-state index in [0.717, 1.165) is 36.4 Å². The Morgan fingerprint density at radius 2 is 1.90 bits per heavy atom. The van der Waals surface area contributed by atoms with Crippen LogP contribution in [0.5, 0.6) is 11.5 Å². The first-order valence-corrected chi connectivity index (χ1v) is 10.5. The zero-order chi connectivity index (χ0) is 21.5. The number of halogens is 1. The Balaban J connectivity index is 1.53. The Hall–Kier alpha value is -2.73. The molecule has 2 aromatic rings. The van der Waals surface area contributed by atoms with Gasteiger partial charge in [-0.25, -0.2) is 0 Å². The molecule has 0 radical (unpaired) electrons. The van der Waals surface area contributed by atoms with Crippen LogP contribution in [0.2, 0.25) is 5.02 Å². The maximum atomic E-state index is 12.8. The molecular weight excluding hydrogens is 404 g/mol. The first-order chi connectivity index (χ1) is 14.5. The van der Waals surface area contributed by atoms with E-state index >= 15 is 0 Å². The highest BCUT2D eigenvalue weighted by Crippen LogP contribution is 2.39. The van der Waals surface area contributed by atoms with E-state index in [0.29, 0.717) is 30.0 Å². The van der Waals surface area contributed by atoms with Crippen molar-refractivity contribution in [3.8, 4) is 11.5 Å². The van der Waals surface area contributed by atoms with Gasteiger partial charge in [-0.2, -0.15) is 0 Å². The third-order valence-electron chi connectivity index (χ3n) is 5.33. The van der Waals surface area contributed by atoms with Gasteiger partial charge in [0.2, 0.25) is 5.91 Å². The van der Waals surface area contributed by atoms with Crippen molar-refractivity contribution in [2.45, 2.75) is 31.7 Å². The standard InChI is InChI=1S/C23H27ClN2O4/c1-29-18-11-12-19(21(15-18)30-2)20-5-4-14-26(20)22(27)6-3-13-25-23(28)16-7-9-17(24)10-8-16/h7-12,15,20H,3-6,13-14H2,1-2H3,(H,25,28). The Bertz CT molecular complexity index is 885. The molecule has 7 heteroatoms. The van der Waals surface area contributed by atoms with Crippen molar-refractivity contribution in [2.24, 2.45) is 0 Å². The van der Waals surface area contributed by atoms with Gasteiger partial charge in [-0.1, -0.05) is 11.6 Å². The Morgan fingerprint density at radius 3 is 2.60 bits per heavy atom. The summed E-state index contributed by atoms with van der Waals surface area (Å²) in [4.78, 5) is 26.9. The molecule has 1 atom stereocenters. The summed E-state index contributed by atoms with van der Waals surface area (Å²) in [6, 6.07) is 12.4. The predicted octanol–water partition coefficient (Wildman–Crippen LogP) is 4.23. The van der Waals surface area contributed by atoms with Crippen LogP contribution in [-0.4, -0.2) is 44.0 Å². The van der Waals surface area contributed by atoms with Gasteiger partial charge in [-0.05, 0) is 55.7 Å². The summed E-state index contributed by atoms with van der Waals surface area (Å²) in [5.74, 6) is 1.38. The van der Waals surface area contributed by atoms with E-state index in [1.165, 1.54) is 0 Å². The number of ether oxygens (including phenoxy) is 2. The van der Waals surface area contributed by atoms with Gasteiger partial charge in [0.1, 0.15) is 11.5 Å². The fraction of sp³-hybridized carbons (Fsp3) is 0.391. The average molecular weight is 431 g/mol. The molecule has 1 heterocycles. The predicted molar refractivity (Wildman–Crippen MR) is 116 cm³/mol. The third-order valence-corrected chi connectivity index (χ3v) is 5.58. The average Bonchev–Trinajstić information content (AvgIpc) is 3.26. The number of nitrogens with one attached hydrogen (secondary N) is 1. The van der Waals surface area contributed by atoms with E-state index in [1.54, 1.807) is 38.5 Å². The lowest BCUT2D eigenvalue weighted by atomic mass is 10.0. The molecule has 0 aromatic heterocycles. The lowest BCUT2D eigenvalue weighted by Gasteiger charge is -2.26. The van der Waals surface area contributed by atoms with E-state index in [9.17, 15) is 9.59 Å². The Kier molecular flexibility index (Phi) is 7.57. The molecule has 0 spiro atoms. The molecule has 1 fully saturated rings. The summed E-state index contributed by atoms with van der Waals surface area (Å²) in [7, 11) is 3.24. The van der Waals surface area contributed by atoms with Gasteiger partial charge >= 0.3 is 0 Å². The van der Waals surface area contributed by atoms with Gasteiger partial charge in [0.15, 0.2) is 0 Å². The molecule has 6 nitrogen and oxygen atoms in total. The summed E-state index contributed by atoms with van der Waals surface area (Å²) < 4.78 is 10.8. The van der Waals surface area contributed by atoms with Crippen LogP contribution in [0.3, 0.4) is 0 Å². The number of nitrogens with zero attached hydrogens (tertiary/aromatic N) is 1. The second-order valence-corrected chi connectivity index (χ2v) is 7.66. The summed E-state index contributed by atoms with van der Waals surface area (Å²) >= 11 is 5.84. The Morgan fingerprint density at radius 1 is 1.13 bits per heavy atom. The number of carbonyl (C=O) groups is 2. The van der Waals surface area contributed by atoms with Crippen molar-refractivity contribution in [2.75, 3.05) is 27.3 Å². The van der Waals surface area contributed by atoms with Gasteiger partial charge in [-0.15, -0.1) is 0 Å². The fourth-order valence-corrected chi connectivity index (χ4v) is 3.90. The maximum absolute atomic E-state index is 12.8. The highest BCUT2D eigenvalue weighted by molar-refractivity contribution is 6.30. The molecule has 0 bridgehead atoms. The summed E-state index contributed by atoms with van der Waals surface area (Å²) in [6.07, 6.45) is 2.83. The molecular formula is C23H27ClN2O4. The van der Waals surface area contributed by atoms with Crippen molar-refractivity contribution in [1.29, 1.82) is 0 Å². The van der Waals surface area contributed by atoms with Crippen molar-refractivity contribution in [3.05, 3.63) is 58.6 Å². The second-order valence-electron chi connectivity index (χ2n) is 7.22. The molecule has 1 saturated heterocycles. The van der Waals surface area contributed by atoms with Gasteiger partial charge in [-0.3, -0.25) is 9.59 Å². The zero-order valence-corrected chi connectivity index (χ0v) is 18.1. The maximum Gasteiger partial charge on any atom is 0.251 e. The fourth-order valence-electron chi connectivity index (χ4n) is 3.77. The van der Waals surface area contributed by atoms with Crippen molar-refractivity contribution in [1.82, 2.24) is 10.2 Å². The number of carbonyl (C=O) groups excluding carboxylic acids is 2. The number of rotatable bonds is 8. The normalized spacial score (nSPS) is 15.7. The van der Waals surface area contributed by atoms with Crippen LogP contribution in [0.15, 0.2) is 42.5 Å². The number of amides is 2. The van der Waals surface area contributed by atoms with Crippen LogP contribution in [0.4, 0.5) is 0 Å². The highest BCUT2D eigenvalue weighted by Gasteiger charge is 2.31. The minimum Gasteiger partial charge on any atom is -0.497 e. The zero-order valence-electron chi connectivity index (χ0n) is 17.3. The first-order valence-electron chi connectivity index (χ1n) is 10.1. The van der Waals surface area contributed by atoms with E-state index in [4.69, 9.17) is 21.1 Å². The molecule has 3 rings (SSSR count). The lowest BCUT2D eigenvalue weighted by Crippen LogP contribution is -2.32. The van der Waals surface area contributed by atoms with E-state index in [2.05, 4.69) is 5.32 Å². The van der Waals surface area contributed by atoms with Crippen LogP contribution in [0, 0.1) is 0 Å². The second kappa shape index (κ2) is 10.3. The molecule has 0 saturated carbocycles. The molecule has 160 valence electrons. The number of hydrogen-bond donors (Lipinski definition) is 1. The van der Waals surface area contributed by atoms with Crippen molar-refractivity contribution in [3.63, 3.8) is 0 Å². The SMILES string of the molecule is COc1ccc(C2CCCN2C(=O)CCCNC(=O)c2ccc(Cl)cc2)c(OC)c1. The molecule has 2 aromatic carbocycles. The van der Waals surface area contributed by atoms with Crippen LogP contribution in [-0.2, 0) is 4.79 Å². The Labute approximate surface area is 182 Å². The van der Waals surface area contributed by atoms with Gasteiger partial charge < -0.3 is 19.7 Å². The van der Waals surface area contributed by atoms with Crippen LogP contribution in [0.1, 0.15) is 47.6 Å². The van der Waals surface area contributed by atoms with Crippen molar-refractivity contribution < 1.29 is 19.1 Å². The number of likely N-dealkylation sites (tertiary alicyclic amines) is 1. The summed E-state index contributed by atoms with van der Waals surface area (Å²) in [6.45, 7) is 1.17. The van der Waals surface area contributed by atoms with E-state index in [1.807, 2.05) is 23.1 Å². The largest absolute Gasteiger partial charge is 0.497 e. The minimum absolute atomic E-state index is 0.00187. The van der Waals surface area contributed by atoms with E-state index in [-0.39, 0.29) is 17.9 Å². The van der Waals surface area contributed by atoms with Gasteiger partial charge in [0, 0.05) is 41.7 Å². The summed E-state index contributed by atoms with van der Waals surface area (Å²) in [5.41, 5.74) is 1.55. The number of hydrogen-bond acceptors (Lipinski definition) is 4. The van der Waals surface area contributed by atoms with Crippen LogP contribution in [0.25, 0.3) is 0 Å². The van der Waals surface area contributed by atoms with Gasteiger partial charge in [0.05, 0.1) is 20.3 Å². The quantitative estimate of drug-likeness (QED) is 0.636. The monoisotopic (exact) mass is 430 g/mol. The van der Waals surface area contributed by atoms with Gasteiger partial charge in [0.25, 0.3) is 5.91 Å². The molecule has 2 amide bonds. The molecule has 30 heavy (non-hydrogen) atoms. The minimum atomic E-state index is -0.166. The molecule has 0 aliphatic carbocycles. The third kappa shape index (κ3) is 5.25.